The number of carbonyl (C=O) groups is 1. The molecule has 0 bridgehead atoms. The molecule has 76 valence electrons. The molecule has 0 heterocycles. The van der Waals surface area contributed by atoms with Crippen LogP contribution in [0.5, 0.6) is 0 Å². The molecule has 0 unspecified atom stereocenters. The quantitative estimate of drug-likeness (QED) is 0.817. The minimum atomic E-state index is -0.225. The second kappa shape index (κ2) is 5.14. The lowest BCUT2D eigenvalue weighted by Gasteiger charge is -2.09. The highest BCUT2D eigenvalue weighted by atomic mass is 79.9. The number of anilines is 1. The van der Waals surface area contributed by atoms with Gasteiger partial charge in [-0.05, 0) is 56.5 Å². The van der Waals surface area contributed by atoms with Gasteiger partial charge in [0.15, 0.2) is 0 Å². The van der Waals surface area contributed by atoms with Gasteiger partial charge < -0.3 is 5.32 Å². The third kappa shape index (κ3) is 2.97. The van der Waals surface area contributed by atoms with Crippen LogP contribution in [0.4, 0.5) is 5.69 Å². The summed E-state index contributed by atoms with van der Waals surface area (Å²) in [5, 5.41) is 2.69. The molecule has 14 heavy (non-hydrogen) atoms. The van der Waals surface area contributed by atoms with Crippen LogP contribution in [-0.4, -0.2) is 11.8 Å². The van der Waals surface area contributed by atoms with E-state index in [1.165, 1.54) is 0 Å². The summed E-state index contributed by atoms with van der Waals surface area (Å²) in [7, 11) is 0. The zero-order valence-electron chi connectivity index (χ0n) is 7.40. The first-order chi connectivity index (χ1) is 6.54. The van der Waals surface area contributed by atoms with Crippen LogP contribution in [0, 0.1) is 6.92 Å². The van der Waals surface area contributed by atoms with Crippen LogP contribution in [0.25, 0.3) is 0 Å². The van der Waals surface area contributed by atoms with Gasteiger partial charge in [-0.3, -0.25) is 4.79 Å². The Morgan fingerprint density at radius 3 is 2.36 bits per heavy atom. The molecule has 0 saturated carbocycles. The lowest BCUT2D eigenvalue weighted by Crippen LogP contribution is -2.13. The molecule has 0 aliphatic carbocycles. The summed E-state index contributed by atoms with van der Waals surface area (Å²) in [6.45, 7) is 1.97. The van der Waals surface area contributed by atoms with Crippen molar-refractivity contribution < 1.29 is 4.79 Å². The summed E-state index contributed by atoms with van der Waals surface area (Å²) >= 11 is 12.1. The Kier molecular flexibility index (Phi) is 4.41. The van der Waals surface area contributed by atoms with Crippen LogP contribution >= 0.6 is 43.5 Å². The van der Waals surface area contributed by atoms with Gasteiger partial charge in [0, 0.05) is 8.95 Å². The smallest absolute Gasteiger partial charge is 0.239 e. The minimum Gasteiger partial charge on any atom is -0.323 e. The molecule has 0 aliphatic rings. The van der Waals surface area contributed by atoms with E-state index in [0.29, 0.717) is 5.69 Å². The molecule has 0 saturated heterocycles. The maximum Gasteiger partial charge on any atom is 0.239 e. The Hall–Kier alpha value is -0.0600. The highest BCUT2D eigenvalue weighted by molar-refractivity contribution is 9.11. The van der Waals surface area contributed by atoms with Crippen molar-refractivity contribution in [2.75, 3.05) is 11.2 Å². The Morgan fingerprint density at radius 1 is 1.43 bits per heavy atom. The van der Waals surface area contributed by atoms with Crippen LogP contribution in [0.2, 0.25) is 0 Å². The Morgan fingerprint density at radius 2 is 1.93 bits per heavy atom. The van der Waals surface area contributed by atoms with Crippen molar-refractivity contribution in [3.05, 3.63) is 26.6 Å². The Bertz CT molecular complexity index is 345. The number of carbonyl (C=O) groups excluding carboxylic acids is 1. The highest BCUT2D eigenvalue weighted by Crippen LogP contribution is 2.32. The van der Waals surface area contributed by atoms with Crippen LogP contribution in [-0.2, 0) is 4.79 Å². The van der Waals surface area contributed by atoms with E-state index >= 15 is 0 Å². The molecule has 1 aromatic carbocycles. The summed E-state index contributed by atoms with van der Waals surface area (Å²) in [6, 6.07) is 3.85. The molecular formula is C9H8Br2ClNO. The summed E-state index contributed by atoms with van der Waals surface area (Å²) in [6.07, 6.45) is 0. The molecule has 0 radical (unpaired) electrons. The molecule has 1 rings (SSSR count). The van der Waals surface area contributed by atoms with Crippen LogP contribution < -0.4 is 5.32 Å². The number of halogens is 3. The number of aryl methyl sites for hydroxylation is 1. The summed E-state index contributed by atoms with van der Waals surface area (Å²) < 4.78 is 1.67. The van der Waals surface area contributed by atoms with E-state index in [1.54, 1.807) is 0 Å². The summed E-state index contributed by atoms with van der Waals surface area (Å²) in [5.41, 5.74) is 1.81. The largest absolute Gasteiger partial charge is 0.323 e. The fourth-order valence-corrected chi connectivity index (χ4v) is 2.67. The third-order valence-electron chi connectivity index (χ3n) is 1.57. The second-order valence-electron chi connectivity index (χ2n) is 2.79. The van der Waals surface area contributed by atoms with E-state index in [2.05, 4.69) is 37.2 Å². The molecule has 1 N–H and O–H groups in total. The monoisotopic (exact) mass is 339 g/mol. The van der Waals surface area contributed by atoms with Gasteiger partial charge in [0.05, 0.1) is 5.69 Å². The average Bonchev–Trinajstić information content (AvgIpc) is 2.10. The summed E-state index contributed by atoms with van der Waals surface area (Å²) in [4.78, 5) is 11.1. The van der Waals surface area contributed by atoms with Gasteiger partial charge in [-0.2, -0.15) is 0 Å². The number of rotatable bonds is 2. The van der Waals surface area contributed by atoms with Gasteiger partial charge in [0.1, 0.15) is 5.88 Å². The SMILES string of the molecule is Cc1cc(Br)c(NC(=O)CCl)c(Br)c1. The topological polar surface area (TPSA) is 29.1 Å². The number of hydrogen-bond acceptors (Lipinski definition) is 1. The van der Waals surface area contributed by atoms with E-state index in [9.17, 15) is 4.79 Å². The maximum atomic E-state index is 11.1. The normalized spacial score (nSPS) is 10.0. The van der Waals surface area contributed by atoms with Gasteiger partial charge in [-0.25, -0.2) is 0 Å². The van der Waals surface area contributed by atoms with Gasteiger partial charge >= 0.3 is 0 Å². The van der Waals surface area contributed by atoms with Gasteiger partial charge in [0.25, 0.3) is 0 Å². The number of alkyl halides is 1. The Labute approximate surface area is 104 Å². The van der Waals surface area contributed by atoms with Gasteiger partial charge in [-0.15, -0.1) is 11.6 Å². The van der Waals surface area contributed by atoms with E-state index in [-0.39, 0.29) is 11.8 Å². The first-order valence-electron chi connectivity index (χ1n) is 3.86. The third-order valence-corrected chi connectivity index (χ3v) is 3.07. The summed E-state index contributed by atoms with van der Waals surface area (Å²) in [5.74, 6) is -0.274. The second-order valence-corrected chi connectivity index (χ2v) is 4.76. The van der Waals surface area contributed by atoms with E-state index in [1.807, 2.05) is 19.1 Å². The number of amides is 1. The van der Waals surface area contributed by atoms with Crippen LogP contribution in [0.3, 0.4) is 0 Å². The van der Waals surface area contributed by atoms with Crippen molar-refractivity contribution in [3.63, 3.8) is 0 Å². The Balaban J connectivity index is 3.02. The highest BCUT2D eigenvalue weighted by Gasteiger charge is 2.08. The first kappa shape index (κ1) is 12.0. The van der Waals surface area contributed by atoms with E-state index < -0.39 is 0 Å². The molecule has 2 nitrogen and oxygen atoms in total. The van der Waals surface area contributed by atoms with Crippen molar-refractivity contribution in [2.24, 2.45) is 0 Å². The fraction of sp³-hybridized carbons (Fsp3) is 0.222. The molecule has 0 aliphatic heterocycles. The molecule has 1 aromatic rings. The molecule has 0 fully saturated rings. The van der Waals surface area contributed by atoms with E-state index in [0.717, 1.165) is 14.5 Å². The van der Waals surface area contributed by atoms with Crippen LogP contribution in [0.1, 0.15) is 5.56 Å². The molecule has 0 spiro atoms. The minimum absolute atomic E-state index is 0.0489. The van der Waals surface area contributed by atoms with Crippen molar-refractivity contribution in [3.8, 4) is 0 Å². The zero-order chi connectivity index (χ0) is 10.7. The molecule has 1 amide bonds. The average molecular weight is 341 g/mol. The molecular weight excluding hydrogens is 333 g/mol. The zero-order valence-corrected chi connectivity index (χ0v) is 11.3. The van der Waals surface area contributed by atoms with Crippen LogP contribution in [0.15, 0.2) is 21.1 Å². The van der Waals surface area contributed by atoms with Crippen molar-refractivity contribution in [1.82, 2.24) is 0 Å². The number of benzene rings is 1. The maximum absolute atomic E-state index is 11.1. The van der Waals surface area contributed by atoms with Crippen molar-refractivity contribution >= 4 is 55.1 Å². The predicted molar refractivity (Wildman–Crippen MR) is 65.9 cm³/mol. The van der Waals surface area contributed by atoms with Gasteiger partial charge in [-0.1, -0.05) is 0 Å². The molecule has 0 aromatic heterocycles. The van der Waals surface area contributed by atoms with Crippen molar-refractivity contribution in [1.29, 1.82) is 0 Å². The lowest BCUT2D eigenvalue weighted by atomic mass is 10.2. The number of hydrogen-bond donors (Lipinski definition) is 1. The first-order valence-corrected chi connectivity index (χ1v) is 5.98. The lowest BCUT2D eigenvalue weighted by molar-refractivity contribution is -0.113. The molecule has 5 heteroatoms. The van der Waals surface area contributed by atoms with Gasteiger partial charge in [0.2, 0.25) is 5.91 Å². The standard InChI is InChI=1S/C9H8Br2ClNO/c1-5-2-6(10)9(7(11)3-5)13-8(14)4-12/h2-3H,4H2,1H3,(H,13,14). The van der Waals surface area contributed by atoms with E-state index in [4.69, 9.17) is 11.6 Å². The number of nitrogens with one attached hydrogen (secondary N) is 1. The molecule has 0 atom stereocenters. The fourth-order valence-electron chi connectivity index (χ4n) is 0.992. The van der Waals surface area contributed by atoms with Crippen molar-refractivity contribution in [2.45, 2.75) is 6.92 Å². The predicted octanol–water partition coefficient (Wildman–Crippen LogP) is 3.70.